The van der Waals surface area contributed by atoms with Crippen molar-refractivity contribution in [1.82, 2.24) is 14.8 Å². The lowest BCUT2D eigenvalue weighted by Gasteiger charge is -2.12. The first-order chi connectivity index (χ1) is 13.5. The van der Waals surface area contributed by atoms with E-state index in [1.807, 2.05) is 41.8 Å². The molecule has 0 amide bonds. The van der Waals surface area contributed by atoms with Gasteiger partial charge in [-0.05, 0) is 38.1 Å². The zero-order valence-electron chi connectivity index (χ0n) is 15.4. The first-order valence-electron chi connectivity index (χ1n) is 8.74. The molecule has 0 spiro atoms. The Kier molecular flexibility index (Phi) is 6.41. The lowest BCUT2D eigenvalue weighted by atomic mass is 10.1. The molecule has 0 aliphatic rings. The van der Waals surface area contributed by atoms with E-state index in [2.05, 4.69) is 14.9 Å². The van der Waals surface area contributed by atoms with Gasteiger partial charge in [-0.25, -0.2) is 0 Å². The largest absolute Gasteiger partial charge is 0.435 e. The molecule has 0 fully saturated rings. The lowest BCUT2D eigenvalue weighted by molar-refractivity contribution is -0.0498. The summed E-state index contributed by atoms with van der Waals surface area (Å²) >= 11 is 1.32. The van der Waals surface area contributed by atoms with Gasteiger partial charge >= 0.3 is 6.61 Å². The summed E-state index contributed by atoms with van der Waals surface area (Å²) in [5.74, 6) is 0.643. The Morgan fingerprint density at radius 1 is 1.11 bits per heavy atom. The number of benzene rings is 2. The number of carbonyl (C=O) groups is 1. The molecule has 0 aliphatic carbocycles. The fraction of sp³-hybridized carbons (Fsp3) is 0.250. The molecule has 5 nitrogen and oxygen atoms in total. The summed E-state index contributed by atoms with van der Waals surface area (Å²) in [6, 6.07) is 15.4. The maximum absolute atomic E-state index is 12.7. The fourth-order valence-electron chi connectivity index (χ4n) is 2.71. The molecule has 0 saturated heterocycles. The molecule has 0 bridgehead atoms. The summed E-state index contributed by atoms with van der Waals surface area (Å²) in [4.78, 5) is 12.7. The highest BCUT2D eigenvalue weighted by atomic mass is 32.2. The molecule has 146 valence electrons. The Bertz CT molecular complexity index is 930. The molecule has 1 aromatic heterocycles. The number of rotatable bonds is 8. The van der Waals surface area contributed by atoms with Crippen molar-refractivity contribution in [3.05, 3.63) is 60.2 Å². The third kappa shape index (κ3) is 4.56. The maximum Gasteiger partial charge on any atom is 0.387 e. The second-order valence-corrected chi connectivity index (χ2v) is 7.25. The monoisotopic (exact) mass is 403 g/mol. The Morgan fingerprint density at radius 3 is 2.39 bits per heavy atom. The Balaban J connectivity index is 1.75. The molecule has 3 rings (SSSR count). The molecule has 3 aromatic rings. The third-order valence-corrected chi connectivity index (χ3v) is 5.16. The summed E-state index contributed by atoms with van der Waals surface area (Å²) in [6.07, 6.45) is 0. The number of Topliss-reactive ketones (excluding diaryl/α,β-unsaturated/α-hetero) is 1. The summed E-state index contributed by atoms with van der Waals surface area (Å²) < 4.78 is 30.7. The van der Waals surface area contributed by atoms with E-state index in [0.717, 1.165) is 11.4 Å². The smallest absolute Gasteiger partial charge is 0.387 e. The molecular weight excluding hydrogens is 384 g/mol. The van der Waals surface area contributed by atoms with Gasteiger partial charge in [-0.2, -0.15) is 8.78 Å². The van der Waals surface area contributed by atoms with E-state index in [4.69, 9.17) is 0 Å². The van der Waals surface area contributed by atoms with Crippen molar-refractivity contribution in [1.29, 1.82) is 0 Å². The van der Waals surface area contributed by atoms with Gasteiger partial charge in [-0.1, -0.05) is 42.1 Å². The van der Waals surface area contributed by atoms with Crippen molar-refractivity contribution >= 4 is 17.5 Å². The second-order valence-electron chi connectivity index (χ2n) is 5.94. The van der Waals surface area contributed by atoms with Crippen molar-refractivity contribution < 1.29 is 18.3 Å². The molecule has 0 radical (unpaired) electrons. The molecule has 2 aromatic carbocycles. The predicted molar refractivity (Wildman–Crippen MR) is 104 cm³/mol. The van der Waals surface area contributed by atoms with Crippen LogP contribution < -0.4 is 4.74 Å². The van der Waals surface area contributed by atoms with Crippen LogP contribution in [0.2, 0.25) is 0 Å². The Morgan fingerprint density at radius 2 is 1.79 bits per heavy atom. The van der Waals surface area contributed by atoms with Gasteiger partial charge in [0.25, 0.3) is 0 Å². The van der Waals surface area contributed by atoms with E-state index in [1.54, 1.807) is 6.92 Å². The van der Waals surface area contributed by atoms with Gasteiger partial charge in [0.2, 0.25) is 0 Å². The summed E-state index contributed by atoms with van der Waals surface area (Å²) in [6.45, 7) is 1.55. The van der Waals surface area contributed by atoms with Gasteiger partial charge in [-0.15, -0.1) is 10.2 Å². The normalized spacial score (nSPS) is 12.2. The van der Waals surface area contributed by atoms with Gasteiger partial charge in [0.1, 0.15) is 5.75 Å². The first kappa shape index (κ1) is 20.0. The maximum atomic E-state index is 12.7. The van der Waals surface area contributed by atoms with Crippen LogP contribution in [0.3, 0.4) is 0 Å². The van der Waals surface area contributed by atoms with E-state index in [-0.39, 0.29) is 11.5 Å². The van der Waals surface area contributed by atoms with E-state index < -0.39 is 11.9 Å². The molecule has 1 atom stereocenters. The van der Waals surface area contributed by atoms with Gasteiger partial charge in [0.05, 0.1) is 5.25 Å². The molecule has 0 saturated carbocycles. The quantitative estimate of drug-likeness (QED) is 0.394. The van der Waals surface area contributed by atoms with Crippen LogP contribution in [0.1, 0.15) is 24.2 Å². The van der Waals surface area contributed by atoms with E-state index in [1.165, 1.54) is 36.0 Å². The Labute approximate surface area is 165 Å². The lowest BCUT2D eigenvalue weighted by Crippen LogP contribution is -2.15. The molecule has 0 aliphatic heterocycles. The van der Waals surface area contributed by atoms with Crippen LogP contribution in [-0.2, 0) is 6.54 Å². The van der Waals surface area contributed by atoms with E-state index >= 15 is 0 Å². The molecule has 1 heterocycles. The van der Waals surface area contributed by atoms with Crippen molar-refractivity contribution in [2.45, 2.75) is 37.4 Å². The minimum absolute atomic E-state index is 0.0186. The fourth-order valence-corrected chi connectivity index (χ4v) is 3.70. The predicted octanol–water partition coefficient (Wildman–Crippen LogP) is 4.93. The van der Waals surface area contributed by atoms with Gasteiger partial charge in [0, 0.05) is 17.7 Å². The number of nitrogens with zero attached hydrogens (tertiary/aromatic N) is 3. The molecule has 0 unspecified atom stereocenters. The first-order valence-corrected chi connectivity index (χ1v) is 9.62. The number of ether oxygens (including phenoxy) is 1. The number of alkyl halides is 2. The minimum atomic E-state index is -2.89. The third-order valence-electron chi connectivity index (χ3n) is 4.08. The summed E-state index contributed by atoms with van der Waals surface area (Å²) in [5, 5.41) is 8.76. The number of ketones is 1. The van der Waals surface area contributed by atoms with Crippen LogP contribution >= 0.6 is 11.8 Å². The highest BCUT2D eigenvalue weighted by molar-refractivity contribution is 8.00. The van der Waals surface area contributed by atoms with Crippen molar-refractivity contribution in [2.75, 3.05) is 0 Å². The van der Waals surface area contributed by atoms with E-state index in [9.17, 15) is 13.6 Å². The van der Waals surface area contributed by atoms with Crippen molar-refractivity contribution in [2.24, 2.45) is 0 Å². The van der Waals surface area contributed by atoms with Crippen LogP contribution in [0.4, 0.5) is 8.78 Å². The standard InChI is InChI=1S/C20H19F2N3O2S/c1-3-25-18(15-7-5-4-6-8-15)23-24-20(25)28-13(2)17(26)14-9-11-16(12-10-14)27-19(21)22/h4-13,19H,3H2,1-2H3/t13-/m0/s1. The van der Waals surface area contributed by atoms with Gasteiger partial charge < -0.3 is 9.30 Å². The topological polar surface area (TPSA) is 57.0 Å². The highest BCUT2D eigenvalue weighted by Gasteiger charge is 2.21. The molecular formula is C20H19F2N3O2S. The number of thioether (sulfide) groups is 1. The number of aromatic nitrogens is 3. The summed E-state index contributed by atoms with van der Waals surface area (Å²) in [5.41, 5.74) is 1.38. The van der Waals surface area contributed by atoms with Crippen LogP contribution in [0.15, 0.2) is 59.8 Å². The van der Waals surface area contributed by atoms with Gasteiger partial charge in [-0.3, -0.25) is 4.79 Å². The van der Waals surface area contributed by atoms with Gasteiger partial charge in [0.15, 0.2) is 16.8 Å². The SMILES string of the molecule is CCn1c(S[C@@H](C)C(=O)c2ccc(OC(F)F)cc2)nnc1-c1ccccc1. The van der Waals surface area contributed by atoms with Crippen molar-refractivity contribution in [3.8, 4) is 17.1 Å². The zero-order chi connectivity index (χ0) is 20.1. The molecule has 28 heavy (non-hydrogen) atoms. The average Bonchev–Trinajstić information content (AvgIpc) is 3.10. The minimum Gasteiger partial charge on any atom is -0.435 e. The average molecular weight is 403 g/mol. The number of hydrogen-bond acceptors (Lipinski definition) is 5. The zero-order valence-corrected chi connectivity index (χ0v) is 16.2. The van der Waals surface area contributed by atoms with E-state index in [0.29, 0.717) is 17.3 Å². The highest BCUT2D eigenvalue weighted by Crippen LogP contribution is 2.28. The second kappa shape index (κ2) is 8.97. The number of carbonyl (C=O) groups excluding carboxylic acids is 1. The van der Waals surface area contributed by atoms with Crippen LogP contribution in [0.5, 0.6) is 5.75 Å². The van der Waals surface area contributed by atoms with Crippen LogP contribution in [0, 0.1) is 0 Å². The van der Waals surface area contributed by atoms with Crippen LogP contribution in [0.25, 0.3) is 11.4 Å². The molecule has 0 N–H and O–H groups in total. The Hall–Kier alpha value is -2.74. The number of hydrogen-bond donors (Lipinski definition) is 0. The van der Waals surface area contributed by atoms with Crippen molar-refractivity contribution in [3.63, 3.8) is 0 Å². The van der Waals surface area contributed by atoms with Crippen LogP contribution in [-0.4, -0.2) is 32.4 Å². The molecule has 8 heteroatoms. The summed E-state index contributed by atoms with van der Waals surface area (Å²) in [7, 11) is 0. The number of halogens is 2.